The van der Waals surface area contributed by atoms with Crippen LogP contribution in [-0.4, -0.2) is 10.8 Å². The number of ketones is 1. The molecule has 2 rings (SSSR count). The molecule has 1 unspecified atom stereocenters. The van der Waals surface area contributed by atoms with E-state index in [1.165, 1.54) is 18.3 Å². The molecular weight excluding hydrogens is 219 g/mol. The number of hydrogen-bond donors (Lipinski definition) is 1. The van der Waals surface area contributed by atoms with E-state index in [1.54, 1.807) is 24.3 Å². The molecule has 1 heterocycles. The quantitative estimate of drug-likeness (QED) is 0.649. The number of halogens is 1. The lowest BCUT2D eigenvalue weighted by atomic mass is 9.99. The Hall–Kier alpha value is -2.07. The summed E-state index contributed by atoms with van der Waals surface area (Å²) in [7, 11) is 0. The van der Waals surface area contributed by atoms with Crippen molar-refractivity contribution in [3.8, 4) is 0 Å². The maximum atomic E-state index is 12.9. The number of aromatic nitrogens is 1. The molecule has 0 amide bonds. The lowest BCUT2D eigenvalue weighted by molar-refractivity contribution is 0.0961. The molecule has 1 atom stereocenters. The molecule has 1 aromatic heterocycles. The van der Waals surface area contributed by atoms with Gasteiger partial charge in [0.05, 0.1) is 6.04 Å². The summed E-state index contributed by atoms with van der Waals surface area (Å²) in [5, 5.41) is 0. The number of carbonyl (C=O) groups is 1. The molecule has 0 spiro atoms. The van der Waals surface area contributed by atoms with Crippen molar-refractivity contribution >= 4 is 5.78 Å². The Bertz CT molecular complexity index is 528. The standard InChI is InChI=1S/C13H11FN2O/c14-11-8-10(6-7-16-11)12(15)13(17)9-4-2-1-3-5-9/h1-8,12H,15H2. The Morgan fingerprint density at radius 1 is 1.24 bits per heavy atom. The van der Waals surface area contributed by atoms with Gasteiger partial charge in [0.1, 0.15) is 0 Å². The average Bonchev–Trinajstić information content (AvgIpc) is 2.38. The Labute approximate surface area is 98.1 Å². The molecule has 0 bridgehead atoms. The maximum Gasteiger partial charge on any atom is 0.213 e. The van der Waals surface area contributed by atoms with Crippen LogP contribution in [0, 0.1) is 5.95 Å². The molecule has 0 saturated carbocycles. The SMILES string of the molecule is NC(C(=O)c1ccccc1)c1ccnc(F)c1. The minimum atomic E-state index is -0.866. The van der Waals surface area contributed by atoms with Gasteiger partial charge in [0.15, 0.2) is 5.78 Å². The van der Waals surface area contributed by atoms with Crippen LogP contribution in [0.15, 0.2) is 48.7 Å². The van der Waals surface area contributed by atoms with Crippen LogP contribution >= 0.6 is 0 Å². The molecule has 86 valence electrons. The molecular formula is C13H11FN2O. The topological polar surface area (TPSA) is 56.0 Å². The number of rotatable bonds is 3. The van der Waals surface area contributed by atoms with E-state index in [0.29, 0.717) is 11.1 Å². The molecule has 2 aromatic rings. The third-order valence-electron chi connectivity index (χ3n) is 2.45. The minimum absolute atomic E-state index is 0.240. The van der Waals surface area contributed by atoms with Gasteiger partial charge in [-0.1, -0.05) is 30.3 Å². The Balaban J connectivity index is 2.27. The number of benzene rings is 1. The van der Waals surface area contributed by atoms with Crippen LogP contribution in [0.4, 0.5) is 4.39 Å². The van der Waals surface area contributed by atoms with E-state index in [1.807, 2.05) is 6.07 Å². The van der Waals surface area contributed by atoms with Crippen molar-refractivity contribution < 1.29 is 9.18 Å². The highest BCUT2D eigenvalue weighted by molar-refractivity contribution is 6.00. The van der Waals surface area contributed by atoms with E-state index < -0.39 is 12.0 Å². The van der Waals surface area contributed by atoms with Gasteiger partial charge < -0.3 is 5.73 Å². The van der Waals surface area contributed by atoms with E-state index in [0.717, 1.165) is 0 Å². The zero-order chi connectivity index (χ0) is 12.3. The van der Waals surface area contributed by atoms with Crippen molar-refractivity contribution in [3.63, 3.8) is 0 Å². The molecule has 0 saturated heterocycles. The zero-order valence-electron chi connectivity index (χ0n) is 9.01. The van der Waals surface area contributed by atoms with Gasteiger partial charge >= 0.3 is 0 Å². The molecule has 0 aliphatic rings. The van der Waals surface area contributed by atoms with E-state index in [2.05, 4.69) is 4.98 Å². The minimum Gasteiger partial charge on any atom is -0.318 e. The summed E-state index contributed by atoms with van der Waals surface area (Å²) in [6.07, 6.45) is 1.29. The van der Waals surface area contributed by atoms with Gasteiger partial charge in [0, 0.05) is 11.8 Å². The number of Topliss-reactive ketones (excluding diaryl/α,β-unsaturated/α-hetero) is 1. The van der Waals surface area contributed by atoms with Gasteiger partial charge in [-0.15, -0.1) is 0 Å². The van der Waals surface area contributed by atoms with Crippen LogP contribution in [0.3, 0.4) is 0 Å². The van der Waals surface area contributed by atoms with E-state index >= 15 is 0 Å². The van der Waals surface area contributed by atoms with Gasteiger partial charge in [0.25, 0.3) is 0 Å². The van der Waals surface area contributed by atoms with Gasteiger partial charge in [-0.3, -0.25) is 4.79 Å². The van der Waals surface area contributed by atoms with Crippen LogP contribution in [0.2, 0.25) is 0 Å². The maximum absolute atomic E-state index is 12.9. The number of nitrogens with zero attached hydrogens (tertiary/aromatic N) is 1. The van der Waals surface area contributed by atoms with Crippen molar-refractivity contribution in [3.05, 3.63) is 65.7 Å². The van der Waals surface area contributed by atoms with E-state index in [4.69, 9.17) is 5.73 Å². The largest absolute Gasteiger partial charge is 0.318 e. The first-order valence-corrected chi connectivity index (χ1v) is 5.15. The molecule has 0 aliphatic heterocycles. The highest BCUT2D eigenvalue weighted by Crippen LogP contribution is 2.16. The number of hydrogen-bond acceptors (Lipinski definition) is 3. The normalized spacial score (nSPS) is 12.1. The molecule has 17 heavy (non-hydrogen) atoms. The molecule has 4 heteroatoms. The monoisotopic (exact) mass is 230 g/mol. The Morgan fingerprint density at radius 2 is 1.94 bits per heavy atom. The molecule has 1 aromatic carbocycles. The first-order valence-electron chi connectivity index (χ1n) is 5.15. The van der Waals surface area contributed by atoms with Gasteiger partial charge in [-0.05, 0) is 17.7 Å². The molecule has 3 nitrogen and oxygen atoms in total. The van der Waals surface area contributed by atoms with Crippen LogP contribution in [0.1, 0.15) is 22.0 Å². The number of carbonyl (C=O) groups excluding carboxylic acids is 1. The smallest absolute Gasteiger partial charge is 0.213 e. The lowest BCUT2D eigenvalue weighted by Crippen LogP contribution is -2.21. The van der Waals surface area contributed by atoms with Crippen molar-refractivity contribution in [2.75, 3.05) is 0 Å². The van der Waals surface area contributed by atoms with Crippen molar-refractivity contribution in [1.82, 2.24) is 4.98 Å². The van der Waals surface area contributed by atoms with Gasteiger partial charge in [-0.2, -0.15) is 4.39 Å². The summed E-state index contributed by atoms with van der Waals surface area (Å²) in [6.45, 7) is 0. The second kappa shape index (κ2) is 4.84. The molecule has 0 radical (unpaired) electrons. The summed E-state index contributed by atoms with van der Waals surface area (Å²) in [6, 6.07) is 10.5. The fourth-order valence-corrected chi connectivity index (χ4v) is 1.54. The second-order valence-electron chi connectivity index (χ2n) is 3.62. The van der Waals surface area contributed by atoms with Crippen molar-refractivity contribution in [2.45, 2.75) is 6.04 Å². The number of nitrogens with two attached hydrogens (primary N) is 1. The molecule has 2 N–H and O–H groups in total. The molecule has 0 aliphatic carbocycles. The zero-order valence-corrected chi connectivity index (χ0v) is 9.01. The van der Waals surface area contributed by atoms with Gasteiger partial charge in [-0.25, -0.2) is 4.98 Å². The van der Waals surface area contributed by atoms with Crippen LogP contribution in [0.25, 0.3) is 0 Å². The first-order chi connectivity index (χ1) is 8.18. The summed E-state index contributed by atoms with van der Waals surface area (Å²) in [5.74, 6) is -0.880. The Morgan fingerprint density at radius 3 is 2.59 bits per heavy atom. The fraction of sp³-hybridized carbons (Fsp3) is 0.0769. The van der Waals surface area contributed by atoms with Crippen molar-refractivity contribution in [1.29, 1.82) is 0 Å². The summed E-state index contributed by atoms with van der Waals surface area (Å²) in [4.78, 5) is 15.4. The predicted octanol–water partition coefficient (Wildman–Crippen LogP) is 2.10. The highest BCUT2D eigenvalue weighted by atomic mass is 19.1. The lowest BCUT2D eigenvalue weighted by Gasteiger charge is -2.10. The Kier molecular flexibility index (Phi) is 3.25. The summed E-state index contributed by atoms with van der Waals surface area (Å²) in [5.41, 5.74) is 6.73. The average molecular weight is 230 g/mol. The fourth-order valence-electron chi connectivity index (χ4n) is 1.54. The summed E-state index contributed by atoms with van der Waals surface area (Å²) < 4.78 is 12.9. The third-order valence-corrected chi connectivity index (χ3v) is 2.45. The van der Waals surface area contributed by atoms with E-state index in [-0.39, 0.29) is 5.78 Å². The van der Waals surface area contributed by atoms with Crippen LogP contribution < -0.4 is 5.73 Å². The van der Waals surface area contributed by atoms with E-state index in [9.17, 15) is 9.18 Å². The van der Waals surface area contributed by atoms with Crippen LogP contribution in [0.5, 0.6) is 0 Å². The number of pyridine rings is 1. The van der Waals surface area contributed by atoms with Gasteiger partial charge in [0.2, 0.25) is 5.95 Å². The van der Waals surface area contributed by atoms with Crippen molar-refractivity contribution in [2.24, 2.45) is 5.73 Å². The second-order valence-corrected chi connectivity index (χ2v) is 3.62. The predicted molar refractivity (Wildman–Crippen MR) is 61.9 cm³/mol. The summed E-state index contributed by atoms with van der Waals surface area (Å²) >= 11 is 0. The highest BCUT2D eigenvalue weighted by Gasteiger charge is 2.17. The molecule has 0 fully saturated rings. The third kappa shape index (κ3) is 2.54. The first kappa shape index (κ1) is 11.4. The van der Waals surface area contributed by atoms with Crippen LogP contribution in [-0.2, 0) is 0 Å².